The van der Waals surface area contributed by atoms with Crippen LogP contribution >= 0.6 is 24.8 Å². The van der Waals surface area contributed by atoms with Crippen LogP contribution < -0.4 is 16.0 Å². The second-order valence-electron chi connectivity index (χ2n) is 5.66. The van der Waals surface area contributed by atoms with Crippen molar-refractivity contribution in [3.05, 3.63) is 35.4 Å². The molecule has 23 heavy (non-hydrogen) atoms. The van der Waals surface area contributed by atoms with Gasteiger partial charge < -0.3 is 20.7 Å². The zero-order valence-corrected chi connectivity index (χ0v) is 14.7. The van der Waals surface area contributed by atoms with E-state index in [1.54, 1.807) is 0 Å². The molecule has 1 aromatic carbocycles. The van der Waals surface area contributed by atoms with Crippen LogP contribution in [0.4, 0.5) is 0 Å². The van der Waals surface area contributed by atoms with E-state index in [4.69, 9.17) is 4.74 Å². The van der Waals surface area contributed by atoms with Crippen LogP contribution in [0.25, 0.3) is 0 Å². The van der Waals surface area contributed by atoms with Crippen molar-refractivity contribution >= 4 is 30.7 Å². The van der Waals surface area contributed by atoms with Gasteiger partial charge in [-0.2, -0.15) is 0 Å². The van der Waals surface area contributed by atoms with E-state index >= 15 is 0 Å². The summed E-state index contributed by atoms with van der Waals surface area (Å²) in [5, 5.41) is 9.62. The van der Waals surface area contributed by atoms with Crippen LogP contribution in [0.1, 0.15) is 23.6 Å². The number of fused-ring (bicyclic) bond motifs is 1. The van der Waals surface area contributed by atoms with Crippen LogP contribution in [0.15, 0.2) is 24.3 Å². The van der Waals surface area contributed by atoms with Crippen molar-refractivity contribution in [2.45, 2.75) is 25.0 Å². The summed E-state index contributed by atoms with van der Waals surface area (Å²) in [6.45, 7) is 3.93. The summed E-state index contributed by atoms with van der Waals surface area (Å²) in [5.41, 5.74) is 2.69. The summed E-state index contributed by atoms with van der Waals surface area (Å²) in [6.07, 6.45) is 1.79. The summed E-state index contributed by atoms with van der Waals surface area (Å²) >= 11 is 0. The second kappa shape index (κ2) is 10.1. The molecule has 2 aliphatic rings. The standard InChI is InChI=1S/C16H23N3O2.2ClH/c20-16(6-8-21-13-9-17-10-13)19-11-15-14-4-2-1-3-12(14)5-7-18-15;;/h1-4,13,15,17-18H,5-11H2,(H,19,20);2*1H. The van der Waals surface area contributed by atoms with Crippen LogP contribution in [0.2, 0.25) is 0 Å². The minimum atomic E-state index is 0. The molecule has 0 aliphatic carbocycles. The molecular formula is C16H25Cl2N3O2. The average molecular weight is 362 g/mol. The predicted molar refractivity (Wildman–Crippen MR) is 95.6 cm³/mol. The summed E-state index contributed by atoms with van der Waals surface area (Å²) in [7, 11) is 0. The Morgan fingerprint density at radius 3 is 2.78 bits per heavy atom. The topological polar surface area (TPSA) is 62.4 Å². The fraction of sp³-hybridized carbons (Fsp3) is 0.562. The molecule has 1 aromatic rings. The van der Waals surface area contributed by atoms with Crippen LogP contribution in [-0.4, -0.2) is 44.8 Å². The number of amides is 1. The number of hydrogen-bond donors (Lipinski definition) is 3. The van der Waals surface area contributed by atoms with E-state index in [0.29, 0.717) is 25.7 Å². The molecule has 3 N–H and O–H groups in total. The fourth-order valence-corrected chi connectivity index (χ4v) is 2.78. The Bertz CT molecular complexity index is 498. The number of ether oxygens (including phenoxy) is 1. The third-order valence-corrected chi connectivity index (χ3v) is 4.15. The largest absolute Gasteiger partial charge is 0.375 e. The number of carbonyl (C=O) groups is 1. The van der Waals surface area contributed by atoms with E-state index < -0.39 is 0 Å². The van der Waals surface area contributed by atoms with Crippen LogP contribution in [0.3, 0.4) is 0 Å². The van der Waals surface area contributed by atoms with Crippen molar-refractivity contribution in [1.82, 2.24) is 16.0 Å². The number of halogens is 2. The van der Waals surface area contributed by atoms with E-state index in [2.05, 4.69) is 40.2 Å². The monoisotopic (exact) mass is 361 g/mol. The molecule has 1 atom stereocenters. The molecule has 1 amide bonds. The van der Waals surface area contributed by atoms with Crippen molar-refractivity contribution in [3.63, 3.8) is 0 Å². The van der Waals surface area contributed by atoms with Crippen molar-refractivity contribution in [3.8, 4) is 0 Å². The molecule has 0 radical (unpaired) electrons. The Morgan fingerprint density at radius 2 is 2.04 bits per heavy atom. The van der Waals surface area contributed by atoms with Gasteiger partial charge in [-0.3, -0.25) is 4.79 Å². The van der Waals surface area contributed by atoms with Gasteiger partial charge in [-0.25, -0.2) is 0 Å². The Balaban J connectivity index is 0.00000132. The summed E-state index contributed by atoms with van der Waals surface area (Å²) in [4.78, 5) is 11.9. The molecule has 1 fully saturated rings. The first-order chi connectivity index (χ1) is 10.3. The molecule has 0 saturated carbocycles. The third kappa shape index (κ3) is 5.62. The lowest BCUT2D eigenvalue weighted by Gasteiger charge is -2.28. The molecule has 130 valence electrons. The molecule has 1 unspecified atom stereocenters. The summed E-state index contributed by atoms with van der Waals surface area (Å²) in [6, 6.07) is 8.67. The van der Waals surface area contributed by atoms with Crippen molar-refractivity contribution in [2.75, 3.05) is 32.8 Å². The maximum absolute atomic E-state index is 11.9. The van der Waals surface area contributed by atoms with Crippen LogP contribution in [0, 0.1) is 0 Å². The van der Waals surface area contributed by atoms with Crippen molar-refractivity contribution < 1.29 is 9.53 Å². The molecule has 3 rings (SSSR count). The first kappa shape index (κ1) is 20.2. The lowest BCUT2D eigenvalue weighted by atomic mass is 9.94. The molecule has 2 aliphatic heterocycles. The SMILES string of the molecule is Cl.Cl.O=C(CCOC1CNC1)NCC1NCCc2ccccc21. The third-order valence-electron chi connectivity index (χ3n) is 4.15. The fourth-order valence-electron chi connectivity index (χ4n) is 2.78. The zero-order chi connectivity index (χ0) is 14.5. The minimum Gasteiger partial charge on any atom is -0.375 e. The highest BCUT2D eigenvalue weighted by Gasteiger charge is 2.20. The van der Waals surface area contributed by atoms with Gasteiger partial charge in [0.2, 0.25) is 5.91 Å². The molecular weight excluding hydrogens is 337 g/mol. The van der Waals surface area contributed by atoms with Gasteiger partial charge in [0.15, 0.2) is 0 Å². The number of benzene rings is 1. The van der Waals surface area contributed by atoms with Gasteiger partial charge in [0.25, 0.3) is 0 Å². The molecule has 0 bridgehead atoms. The predicted octanol–water partition coefficient (Wildman–Crippen LogP) is 1.21. The van der Waals surface area contributed by atoms with E-state index in [9.17, 15) is 4.79 Å². The average Bonchev–Trinajstić information content (AvgIpc) is 2.47. The van der Waals surface area contributed by atoms with E-state index in [1.807, 2.05) is 0 Å². The highest BCUT2D eigenvalue weighted by molar-refractivity contribution is 5.85. The molecule has 7 heteroatoms. The number of carbonyl (C=O) groups excluding carboxylic acids is 1. The van der Waals surface area contributed by atoms with Gasteiger partial charge >= 0.3 is 0 Å². The van der Waals surface area contributed by atoms with Gasteiger partial charge in [-0.1, -0.05) is 24.3 Å². The Hall–Kier alpha value is -0.850. The quantitative estimate of drug-likeness (QED) is 0.712. The first-order valence-electron chi connectivity index (χ1n) is 7.73. The lowest BCUT2D eigenvalue weighted by Crippen LogP contribution is -2.48. The Kier molecular flexibility index (Phi) is 8.87. The maximum Gasteiger partial charge on any atom is 0.222 e. The van der Waals surface area contributed by atoms with Crippen molar-refractivity contribution in [2.24, 2.45) is 0 Å². The highest BCUT2D eigenvalue weighted by Crippen LogP contribution is 2.21. The highest BCUT2D eigenvalue weighted by atomic mass is 35.5. The Morgan fingerprint density at radius 1 is 1.26 bits per heavy atom. The molecule has 5 nitrogen and oxygen atoms in total. The summed E-state index contributed by atoms with van der Waals surface area (Å²) in [5.74, 6) is 0.0622. The van der Waals surface area contributed by atoms with Gasteiger partial charge in [0, 0.05) is 32.1 Å². The van der Waals surface area contributed by atoms with Crippen LogP contribution in [0.5, 0.6) is 0 Å². The maximum atomic E-state index is 11.9. The molecule has 0 aromatic heterocycles. The van der Waals surface area contributed by atoms with Gasteiger partial charge in [0.05, 0.1) is 12.7 Å². The van der Waals surface area contributed by atoms with Crippen molar-refractivity contribution in [1.29, 1.82) is 0 Å². The Labute approximate surface area is 149 Å². The zero-order valence-electron chi connectivity index (χ0n) is 13.0. The number of nitrogens with one attached hydrogen (secondary N) is 3. The molecule has 2 heterocycles. The normalized spacial score (nSPS) is 19.6. The minimum absolute atomic E-state index is 0. The van der Waals surface area contributed by atoms with Gasteiger partial charge in [0.1, 0.15) is 0 Å². The molecule has 0 spiro atoms. The summed E-state index contributed by atoms with van der Waals surface area (Å²) < 4.78 is 5.56. The number of hydrogen-bond acceptors (Lipinski definition) is 4. The smallest absolute Gasteiger partial charge is 0.222 e. The number of rotatable bonds is 6. The second-order valence-corrected chi connectivity index (χ2v) is 5.66. The van der Waals surface area contributed by atoms with E-state index in [1.165, 1.54) is 11.1 Å². The molecule has 1 saturated heterocycles. The lowest BCUT2D eigenvalue weighted by molar-refractivity contribution is -0.123. The van der Waals surface area contributed by atoms with Gasteiger partial charge in [-0.15, -0.1) is 24.8 Å². The first-order valence-corrected chi connectivity index (χ1v) is 7.73. The van der Waals surface area contributed by atoms with Crippen LogP contribution in [-0.2, 0) is 16.0 Å². The van der Waals surface area contributed by atoms with Gasteiger partial charge in [-0.05, 0) is 24.1 Å². The van der Waals surface area contributed by atoms with E-state index in [-0.39, 0.29) is 36.8 Å². The van der Waals surface area contributed by atoms with E-state index in [0.717, 1.165) is 26.1 Å².